The number of carbonyl (C=O) groups is 6. The Balaban J connectivity index is 0.00000680. The highest BCUT2D eigenvalue weighted by molar-refractivity contribution is 14.1. The van der Waals surface area contributed by atoms with Crippen LogP contribution in [0.15, 0.2) is 59.7 Å². The van der Waals surface area contributed by atoms with Crippen LogP contribution in [0.4, 0.5) is 11.4 Å². The number of hydrogen-bond acceptors (Lipinski definition) is 9. The van der Waals surface area contributed by atoms with Crippen LogP contribution in [0.1, 0.15) is 127 Å². The van der Waals surface area contributed by atoms with E-state index in [0.717, 1.165) is 48.5 Å². The van der Waals surface area contributed by atoms with E-state index < -0.39 is 46.5 Å². The molecule has 5 aliphatic rings. The van der Waals surface area contributed by atoms with Gasteiger partial charge in [-0.05, 0) is 171 Å². The van der Waals surface area contributed by atoms with Crippen LogP contribution in [0.3, 0.4) is 0 Å². The summed E-state index contributed by atoms with van der Waals surface area (Å²) in [4.78, 5) is 86.4. The van der Waals surface area contributed by atoms with Crippen LogP contribution in [-0.4, -0.2) is 75.6 Å². The topological polar surface area (TPSA) is 134 Å². The number of unbranched alkanes of at least 4 members (excludes halogenated alkanes) is 4. The molecular formula is C47H51I5N4O8. The summed E-state index contributed by atoms with van der Waals surface area (Å²) in [6.07, 6.45) is 16.3. The Labute approximate surface area is 446 Å². The van der Waals surface area contributed by atoms with Crippen molar-refractivity contribution >= 4 is 143 Å². The number of benzene rings is 2. The van der Waals surface area contributed by atoms with E-state index >= 15 is 0 Å². The zero-order chi connectivity index (χ0) is 45.4. The van der Waals surface area contributed by atoms with Crippen molar-refractivity contribution in [1.82, 2.24) is 10.1 Å². The summed E-state index contributed by atoms with van der Waals surface area (Å²) >= 11 is 9.81. The molecule has 0 radical (unpaired) electrons. The third-order valence-electron chi connectivity index (χ3n) is 13.3. The summed E-state index contributed by atoms with van der Waals surface area (Å²) < 4.78 is 7.17. The quantitative estimate of drug-likeness (QED) is 0.0800. The number of hydrogen-bond donors (Lipinski definition) is 0. The monoisotopic (exact) mass is 1430 g/mol. The highest BCUT2D eigenvalue weighted by atomic mass is 127. The molecule has 0 saturated carbocycles. The predicted molar refractivity (Wildman–Crippen MR) is 272 cm³/mol. The molecule has 3 unspecified atom stereocenters. The molecule has 4 aliphatic heterocycles. The van der Waals surface area contributed by atoms with Crippen molar-refractivity contribution < 1.29 is 67.0 Å². The molecule has 1 spiro atoms. The fourth-order valence-electron chi connectivity index (χ4n) is 10.2. The average Bonchev–Trinajstić information content (AvgIpc) is 3.79. The predicted octanol–water partition coefficient (Wildman–Crippen LogP) is 7.02. The first-order valence-corrected chi connectivity index (χ1v) is 25.8. The van der Waals surface area contributed by atoms with Crippen LogP contribution in [0.25, 0.3) is 0 Å². The van der Waals surface area contributed by atoms with Crippen LogP contribution < -0.4 is 28.9 Å². The minimum Gasteiger partial charge on any atom is -1.00 e. The van der Waals surface area contributed by atoms with Crippen molar-refractivity contribution in [2.24, 2.45) is 0 Å². The number of allylic oxidation sites excluding steroid dienone is 3. The Bertz CT molecular complexity index is 2380. The molecule has 3 atom stereocenters. The summed E-state index contributed by atoms with van der Waals surface area (Å²) in [6.45, 7) is 4.72. The van der Waals surface area contributed by atoms with Gasteiger partial charge in [0.1, 0.15) is 7.05 Å². The van der Waals surface area contributed by atoms with Crippen LogP contribution in [0.5, 0.6) is 0 Å². The smallest absolute Gasteiger partial charge is 0.333 e. The lowest BCUT2D eigenvalue weighted by Gasteiger charge is -2.50. The van der Waals surface area contributed by atoms with Gasteiger partial charge < -0.3 is 38.6 Å². The molecule has 64 heavy (non-hydrogen) atoms. The molecule has 2 aromatic carbocycles. The molecular weight excluding hydrogens is 1380 g/mol. The van der Waals surface area contributed by atoms with Crippen LogP contribution in [0, 0.1) is 14.3 Å². The highest BCUT2D eigenvalue weighted by Gasteiger charge is 2.61. The largest absolute Gasteiger partial charge is 1.00 e. The maximum absolute atomic E-state index is 12.8. The maximum Gasteiger partial charge on any atom is 0.333 e. The van der Waals surface area contributed by atoms with Crippen LogP contribution in [0.2, 0.25) is 0 Å². The number of amides is 4. The Morgan fingerprint density at radius 3 is 1.94 bits per heavy atom. The van der Waals surface area contributed by atoms with E-state index in [0.29, 0.717) is 23.0 Å². The van der Waals surface area contributed by atoms with E-state index in [-0.39, 0.29) is 68.4 Å². The lowest BCUT2D eigenvalue weighted by molar-refractivity contribution is -0.401. The summed E-state index contributed by atoms with van der Waals surface area (Å²) in [7, 11) is 4.41. The first-order chi connectivity index (χ1) is 30.0. The summed E-state index contributed by atoms with van der Waals surface area (Å²) in [6, 6.07) is 9.07. The van der Waals surface area contributed by atoms with E-state index in [9.17, 15) is 28.8 Å². The molecule has 4 heterocycles. The van der Waals surface area contributed by atoms with E-state index in [1.54, 1.807) is 0 Å². The minimum atomic E-state index is -0.577. The second kappa shape index (κ2) is 21.5. The molecule has 12 nitrogen and oxygen atoms in total. The fourth-order valence-corrected chi connectivity index (χ4v) is 14.9. The minimum absolute atomic E-state index is 0. The number of halogens is 5. The van der Waals surface area contributed by atoms with Gasteiger partial charge in [0.2, 0.25) is 5.69 Å². The molecule has 1 aliphatic carbocycles. The molecule has 2 saturated heterocycles. The molecule has 17 heteroatoms. The van der Waals surface area contributed by atoms with Crippen molar-refractivity contribution in [3.8, 4) is 0 Å². The Kier molecular flexibility index (Phi) is 17.3. The van der Waals surface area contributed by atoms with Crippen LogP contribution >= 0.6 is 90.4 Å². The lowest BCUT2D eigenvalue weighted by atomic mass is 9.60. The second-order valence-electron chi connectivity index (χ2n) is 17.2. The first-order valence-electron chi connectivity index (χ1n) is 21.5. The Morgan fingerprint density at radius 2 is 1.34 bits per heavy atom. The first kappa shape index (κ1) is 51.4. The number of likely N-dealkylation sites (N-methyl/N-ethyl adjacent to an activating group) is 1. The Hall–Kier alpha value is -2.00. The van der Waals surface area contributed by atoms with E-state index in [2.05, 4.69) is 176 Å². The van der Waals surface area contributed by atoms with Crippen molar-refractivity contribution in [2.75, 3.05) is 19.0 Å². The van der Waals surface area contributed by atoms with Gasteiger partial charge in [0.15, 0.2) is 5.71 Å². The van der Waals surface area contributed by atoms with Gasteiger partial charge in [0, 0.05) is 83.1 Å². The third-order valence-corrected chi connectivity index (χ3v) is 16.3. The van der Waals surface area contributed by atoms with Gasteiger partial charge in [0.05, 0.1) is 17.0 Å². The van der Waals surface area contributed by atoms with Crippen molar-refractivity contribution in [3.63, 3.8) is 0 Å². The zero-order valence-corrected chi connectivity index (χ0v) is 47.0. The maximum atomic E-state index is 12.8. The number of rotatable bonds is 15. The van der Waals surface area contributed by atoms with Gasteiger partial charge in [-0.15, -0.1) is 10.1 Å². The van der Waals surface area contributed by atoms with Crippen molar-refractivity contribution in [2.45, 2.75) is 127 Å². The molecule has 0 bridgehead atoms. The summed E-state index contributed by atoms with van der Waals surface area (Å²) in [5, 5.41) is 1.24. The lowest BCUT2D eigenvalue weighted by Crippen LogP contribution is -3.00. The van der Waals surface area contributed by atoms with Gasteiger partial charge in [-0.1, -0.05) is 44.4 Å². The number of carbonyl (C=O) groups excluding carboxylic acids is 6. The Morgan fingerprint density at radius 1 is 0.797 bits per heavy atom. The molecule has 4 amide bonds. The third kappa shape index (κ3) is 10.1. The van der Waals surface area contributed by atoms with Crippen molar-refractivity contribution in [3.05, 3.63) is 85.1 Å². The zero-order valence-electron chi connectivity index (χ0n) is 36.2. The molecule has 342 valence electrons. The number of fused-ring (bicyclic) bond motifs is 2. The number of imide groups is 2. The van der Waals surface area contributed by atoms with Gasteiger partial charge in [0.25, 0.3) is 23.6 Å². The highest BCUT2D eigenvalue weighted by Crippen LogP contribution is 2.61. The number of hydroxylamine groups is 4. The van der Waals surface area contributed by atoms with Crippen LogP contribution in [-0.2, 0) is 43.9 Å². The molecule has 7 rings (SSSR count). The number of anilines is 1. The normalized spacial score (nSPS) is 23.3. The molecule has 0 aromatic heterocycles. The van der Waals surface area contributed by atoms with E-state index in [4.69, 9.17) is 9.68 Å². The standard InChI is InChI=1S/C47H51I4N4O8.HI/c1-28-35(52(3)36-25-30(48)23-33(50)44(28)36)27-32-29(13-7-5-8-15-42(60)62-54-38(56)17-18-39(54)57)14-10-12-22-47(32)46(2,45-34(51)24-31(49)26-37(45)53(47)4)21-11-6-9-16-43(61)63-55-40(58)19-20-41(55)59;/h10,12,14,23-28H,5-9,11,13,15-22H2,1-4H3;1H/q+1;/p-1. The summed E-state index contributed by atoms with van der Waals surface area (Å²) in [5.74, 6) is -2.92. The van der Waals surface area contributed by atoms with Gasteiger partial charge >= 0.3 is 11.9 Å². The number of nitrogens with zero attached hydrogens (tertiary/aromatic N) is 4. The van der Waals surface area contributed by atoms with E-state index in [1.807, 2.05) is 0 Å². The molecule has 2 aromatic rings. The van der Waals surface area contributed by atoms with Gasteiger partial charge in [-0.3, -0.25) is 19.2 Å². The van der Waals surface area contributed by atoms with Gasteiger partial charge in [-0.2, -0.15) is 4.58 Å². The van der Waals surface area contributed by atoms with Gasteiger partial charge in [-0.25, -0.2) is 9.59 Å². The second-order valence-corrected chi connectivity index (χ2v) is 22.0. The van der Waals surface area contributed by atoms with Crippen molar-refractivity contribution in [1.29, 1.82) is 0 Å². The van der Waals surface area contributed by atoms with E-state index in [1.165, 1.54) is 50.1 Å². The molecule has 0 N–H and O–H groups in total. The summed E-state index contributed by atoms with van der Waals surface area (Å²) in [5.41, 5.74) is 7.88. The SMILES string of the molecule is CC1C(C=C2C(CCCCCC(=O)ON3C(=O)CCC3=O)=CC=CCC23N(C)c2cc(I)cc(I)c2C3(C)CCCCCC(=O)ON2C(=O)CCC2=O)=[N+](C)c2cc(I)cc(I)c21.[I-]. The average molecular weight is 1430 g/mol. The fraction of sp³-hybridized carbons (Fsp3) is 0.468. The molecule has 2 fully saturated rings.